The Balaban J connectivity index is 3.25. The monoisotopic (exact) mass is 500 g/mol. The van der Waals surface area contributed by atoms with Crippen LogP contribution in [-0.2, 0) is 27.8 Å². The second kappa shape index (κ2) is 9.87. The predicted octanol–water partition coefficient (Wildman–Crippen LogP) is 9.83. The van der Waals surface area contributed by atoms with Crippen molar-refractivity contribution in [3.05, 3.63) is 51.6 Å². The molecule has 190 valence electrons. The van der Waals surface area contributed by atoms with Crippen LogP contribution in [0.15, 0.2) is 18.2 Å². The fraction of sp³-hybridized carbons (Fsp3) is 0.613. The van der Waals surface area contributed by atoms with Gasteiger partial charge in [-0.3, -0.25) is 0 Å². The summed E-state index contributed by atoms with van der Waals surface area (Å²) >= 11 is 0. The van der Waals surface area contributed by atoms with Gasteiger partial charge in [0.15, 0.2) is 0 Å². The second-order valence-corrected chi connectivity index (χ2v) is 14.9. The molecule has 0 aromatic heterocycles. The lowest BCUT2D eigenvalue weighted by atomic mass is 9.72. The van der Waals surface area contributed by atoms with Crippen molar-refractivity contribution in [1.82, 2.24) is 0 Å². The van der Waals surface area contributed by atoms with Crippen LogP contribution in [0.1, 0.15) is 116 Å². The zero-order valence-corrected chi connectivity index (χ0v) is 26.6. The van der Waals surface area contributed by atoms with Crippen molar-refractivity contribution in [2.75, 3.05) is 6.66 Å². The topological polar surface area (TPSA) is 9.23 Å². The van der Waals surface area contributed by atoms with Crippen LogP contribution < -0.4 is 4.52 Å². The van der Waals surface area contributed by atoms with E-state index in [-0.39, 0.29) is 21.7 Å². The van der Waals surface area contributed by atoms with Gasteiger partial charge in [-0.1, -0.05) is 95.2 Å². The molecule has 0 saturated carbocycles. The lowest BCUT2D eigenvalue weighted by Crippen LogP contribution is -2.22. The van der Waals surface area contributed by atoms with Crippen LogP contribution in [0.25, 0.3) is 11.1 Å². The van der Waals surface area contributed by atoms with E-state index in [1.54, 1.807) is 0 Å². The van der Waals surface area contributed by atoms with E-state index in [1.165, 1.54) is 44.5 Å². The second-order valence-electron chi connectivity index (χ2n) is 13.9. The minimum absolute atomic E-state index is 0.0193. The van der Waals surface area contributed by atoms with Gasteiger partial charge >= 0.3 is 0 Å². The number of hydrogen-bond acceptors (Lipinski definition) is 1. The van der Waals surface area contributed by atoms with E-state index in [0.29, 0.717) is 8.81 Å². The molecule has 3 heteroatoms. The van der Waals surface area contributed by atoms with Crippen molar-refractivity contribution in [3.63, 3.8) is 0 Å². The number of rotatable bonds is 4. The first kappa shape index (κ1) is 29.3. The van der Waals surface area contributed by atoms with E-state index in [0.717, 1.165) is 11.9 Å². The zero-order chi connectivity index (χ0) is 26.4. The number of benzene rings is 2. The lowest BCUT2D eigenvalue weighted by Gasteiger charge is -2.34. The van der Waals surface area contributed by atoms with Gasteiger partial charge in [0.25, 0.3) is 0 Å². The lowest BCUT2D eigenvalue weighted by molar-refractivity contribution is 0.534. The first-order valence-corrected chi connectivity index (χ1v) is 14.9. The van der Waals surface area contributed by atoms with Gasteiger partial charge in [-0.2, -0.15) is 0 Å². The first-order valence-electron chi connectivity index (χ1n) is 12.7. The number of hydrogen-bond donors (Lipinski definition) is 0. The van der Waals surface area contributed by atoms with Crippen molar-refractivity contribution in [2.24, 2.45) is 0 Å². The minimum atomic E-state index is -0.0193. The van der Waals surface area contributed by atoms with E-state index < -0.39 is 0 Å². The van der Waals surface area contributed by atoms with Gasteiger partial charge in [-0.15, -0.1) is 9.24 Å². The predicted molar refractivity (Wildman–Crippen MR) is 160 cm³/mol. The molecule has 0 heterocycles. The van der Waals surface area contributed by atoms with Crippen LogP contribution in [-0.4, -0.2) is 6.66 Å². The first-order chi connectivity index (χ1) is 15.2. The Kier molecular flexibility index (Phi) is 8.51. The quantitative estimate of drug-likeness (QED) is 0.380. The summed E-state index contributed by atoms with van der Waals surface area (Å²) in [6.45, 7) is 32.4. The molecule has 2 aromatic carbocycles. The summed E-state index contributed by atoms with van der Waals surface area (Å²) in [7, 11) is 3.41. The highest BCUT2D eigenvalue weighted by Gasteiger charge is 2.32. The standard InChI is InChI=1S/C31H50OP2/c1-19-23(29(5,6)7)17-24(30(8,9)10)22(18-33)26(19)21-15-20(28(2,3)4)16-25(31(11,12)13)27(21)32-34-14/h15-17,34H,18,33H2,1-14H3. The molecule has 0 spiro atoms. The molecule has 0 radical (unpaired) electrons. The Bertz CT molecular complexity index is 1040. The fourth-order valence-corrected chi connectivity index (χ4v) is 5.72. The van der Waals surface area contributed by atoms with Gasteiger partial charge in [0, 0.05) is 11.1 Å². The van der Waals surface area contributed by atoms with Gasteiger partial charge in [0.1, 0.15) is 5.75 Å². The summed E-state index contributed by atoms with van der Waals surface area (Å²) in [5.74, 6) is 1.06. The maximum absolute atomic E-state index is 6.54. The molecule has 0 saturated heterocycles. The molecule has 34 heavy (non-hydrogen) atoms. The zero-order valence-electron chi connectivity index (χ0n) is 24.4. The third-order valence-electron chi connectivity index (χ3n) is 6.75. The highest BCUT2D eigenvalue weighted by Crippen LogP contribution is 2.49. The molecule has 2 rings (SSSR count). The van der Waals surface area contributed by atoms with Crippen LogP contribution >= 0.6 is 18.0 Å². The molecule has 0 N–H and O–H groups in total. The molecule has 0 aliphatic rings. The minimum Gasteiger partial charge on any atom is -0.477 e. The highest BCUT2D eigenvalue weighted by atomic mass is 31.1. The highest BCUT2D eigenvalue weighted by molar-refractivity contribution is 7.31. The molecular weight excluding hydrogens is 450 g/mol. The van der Waals surface area contributed by atoms with Gasteiger partial charge in [-0.05, 0) is 80.9 Å². The molecule has 2 unspecified atom stereocenters. The summed E-state index contributed by atoms with van der Waals surface area (Å²) in [6.07, 6.45) is 0.922. The van der Waals surface area contributed by atoms with Crippen LogP contribution in [0, 0.1) is 6.92 Å². The Morgan fingerprint density at radius 1 is 0.706 bits per heavy atom. The summed E-state index contributed by atoms with van der Waals surface area (Å²) in [6, 6.07) is 7.31. The Morgan fingerprint density at radius 3 is 1.59 bits per heavy atom. The maximum Gasteiger partial charge on any atom is 0.134 e. The third kappa shape index (κ3) is 6.08. The summed E-state index contributed by atoms with van der Waals surface area (Å²) in [5.41, 5.74) is 11.1. The van der Waals surface area contributed by atoms with Crippen molar-refractivity contribution in [2.45, 2.75) is 118 Å². The van der Waals surface area contributed by atoms with Gasteiger partial charge in [0.05, 0.1) is 8.81 Å². The fourth-order valence-electron chi connectivity index (χ4n) is 4.88. The summed E-state index contributed by atoms with van der Waals surface area (Å²) in [4.78, 5) is 0. The van der Waals surface area contributed by atoms with E-state index in [4.69, 9.17) is 4.52 Å². The van der Waals surface area contributed by atoms with Crippen molar-refractivity contribution >= 4 is 18.0 Å². The van der Waals surface area contributed by atoms with E-state index in [2.05, 4.69) is 124 Å². The van der Waals surface area contributed by atoms with E-state index >= 15 is 0 Å². The maximum atomic E-state index is 6.54. The Labute approximate surface area is 215 Å². The molecule has 2 aromatic rings. The Hall–Kier alpha value is -0.900. The average molecular weight is 501 g/mol. The third-order valence-corrected chi connectivity index (χ3v) is 7.57. The molecule has 0 fully saturated rings. The molecule has 0 amide bonds. The van der Waals surface area contributed by atoms with Crippen LogP contribution in [0.2, 0.25) is 0 Å². The summed E-state index contributed by atoms with van der Waals surface area (Å²) in [5, 5.41) is 0. The molecule has 1 nitrogen and oxygen atoms in total. The van der Waals surface area contributed by atoms with Crippen molar-refractivity contribution < 1.29 is 4.52 Å². The largest absolute Gasteiger partial charge is 0.477 e. The van der Waals surface area contributed by atoms with Gasteiger partial charge in [-0.25, -0.2) is 0 Å². The average Bonchev–Trinajstić information content (AvgIpc) is 2.64. The smallest absolute Gasteiger partial charge is 0.134 e. The molecule has 0 aliphatic carbocycles. The van der Waals surface area contributed by atoms with Crippen LogP contribution in [0.3, 0.4) is 0 Å². The SMILES string of the molecule is CPOc1c(-c2c(C)c(C(C)(C)C)cc(C(C)(C)C)c2CP)cc(C(C)(C)C)cc1C(C)(C)C. The van der Waals surface area contributed by atoms with E-state index in [1.807, 2.05) is 0 Å². The molecule has 0 aliphatic heterocycles. The van der Waals surface area contributed by atoms with Gasteiger partial charge < -0.3 is 4.52 Å². The Morgan fingerprint density at radius 2 is 1.21 bits per heavy atom. The van der Waals surface area contributed by atoms with E-state index in [9.17, 15) is 0 Å². The van der Waals surface area contributed by atoms with Crippen LogP contribution in [0.4, 0.5) is 0 Å². The molecular formula is C31H50OP2. The molecule has 0 bridgehead atoms. The van der Waals surface area contributed by atoms with Crippen molar-refractivity contribution in [3.8, 4) is 16.9 Å². The van der Waals surface area contributed by atoms with Crippen molar-refractivity contribution in [1.29, 1.82) is 0 Å². The normalized spacial score (nSPS) is 13.7. The van der Waals surface area contributed by atoms with Crippen LogP contribution in [0.5, 0.6) is 5.75 Å². The summed E-state index contributed by atoms with van der Waals surface area (Å²) < 4.78 is 6.54. The van der Waals surface area contributed by atoms with Gasteiger partial charge in [0.2, 0.25) is 0 Å². The molecule has 2 atom stereocenters.